The van der Waals surface area contributed by atoms with Gasteiger partial charge in [0.2, 0.25) is 0 Å². The van der Waals surface area contributed by atoms with Crippen molar-refractivity contribution in [3.63, 3.8) is 0 Å². The van der Waals surface area contributed by atoms with Crippen molar-refractivity contribution in [2.45, 2.75) is 19.4 Å². The molecular formula is C13H13NO. The number of hydrogen-bond acceptors (Lipinski definition) is 2. The lowest BCUT2D eigenvalue weighted by molar-refractivity contribution is -0.110. The highest BCUT2D eigenvalue weighted by molar-refractivity contribution is 5.85. The highest BCUT2D eigenvalue weighted by Crippen LogP contribution is 2.29. The first-order chi connectivity index (χ1) is 7.16. The summed E-state index contributed by atoms with van der Waals surface area (Å²) in [6.07, 6.45) is 6.20. The molecule has 0 N–H and O–H groups in total. The number of allylic oxidation sites excluding steroid dienone is 1. The summed E-state index contributed by atoms with van der Waals surface area (Å²) in [7, 11) is 0. The summed E-state index contributed by atoms with van der Waals surface area (Å²) < 4.78 is 0. The molecule has 2 heteroatoms. The molecule has 1 aliphatic rings. The standard InChI is InChI=1S/C13H13NO/c1-10-6-11(2)8-12(7-10)13(9-15)4-3-5-14-13/h3-9H,1-2H3. The molecule has 0 radical (unpaired) electrons. The minimum absolute atomic E-state index is 0.781. The zero-order valence-corrected chi connectivity index (χ0v) is 8.90. The number of nitrogens with zero attached hydrogens (tertiary/aromatic N) is 1. The number of aryl methyl sites for hydroxylation is 2. The third kappa shape index (κ3) is 1.63. The summed E-state index contributed by atoms with van der Waals surface area (Å²) in [5.74, 6) is 0. The molecule has 0 aromatic heterocycles. The minimum atomic E-state index is -0.781. The number of rotatable bonds is 2. The van der Waals surface area contributed by atoms with Gasteiger partial charge in [-0.1, -0.05) is 29.3 Å². The monoisotopic (exact) mass is 199 g/mol. The Morgan fingerprint density at radius 1 is 1.20 bits per heavy atom. The number of carbonyl (C=O) groups excluding carboxylic acids is 1. The zero-order chi connectivity index (χ0) is 10.9. The highest BCUT2D eigenvalue weighted by Gasteiger charge is 2.29. The zero-order valence-electron chi connectivity index (χ0n) is 8.90. The van der Waals surface area contributed by atoms with Crippen LogP contribution in [-0.4, -0.2) is 12.5 Å². The van der Waals surface area contributed by atoms with Crippen LogP contribution in [0.4, 0.5) is 0 Å². The van der Waals surface area contributed by atoms with Gasteiger partial charge in [0.05, 0.1) is 0 Å². The van der Waals surface area contributed by atoms with Crippen molar-refractivity contribution in [2.75, 3.05) is 0 Å². The molecule has 1 unspecified atom stereocenters. The second-order valence-corrected chi connectivity index (χ2v) is 3.96. The molecular weight excluding hydrogens is 186 g/mol. The van der Waals surface area contributed by atoms with Crippen molar-refractivity contribution < 1.29 is 4.79 Å². The molecule has 0 saturated heterocycles. The van der Waals surface area contributed by atoms with Crippen LogP contribution in [0.25, 0.3) is 0 Å². The van der Waals surface area contributed by atoms with E-state index in [0.29, 0.717) is 0 Å². The van der Waals surface area contributed by atoms with Gasteiger partial charge in [-0.25, -0.2) is 0 Å². The highest BCUT2D eigenvalue weighted by atomic mass is 16.1. The third-order valence-electron chi connectivity index (χ3n) is 2.59. The SMILES string of the molecule is Cc1cc(C)cc(C2(C=O)C=CC=N2)c1. The summed E-state index contributed by atoms with van der Waals surface area (Å²) in [4.78, 5) is 15.4. The average Bonchev–Trinajstić information content (AvgIpc) is 2.65. The van der Waals surface area contributed by atoms with Crippen LogP contribution in [0.2, 0.25) is 0 Å². The van der Waals surface area contributed by atoms with Gasteiger partial charge in [-0.15, -0.1) is 0 Å². The normalized spacial score (nSPS) is 23.3. The van der Waals surface area contributed by atoms with Crippen LogP contribution in [0.15, 0.2) is 35.3 Å². The van der Waals surface area contributed by atoms with E-state index in [9.17, 15) is 4.79 Å². The van der Waals surface area contributed by atoms with Crippen LogP contribution in [-0.2, 0) is 10.3 Å². The Hall–Kier alpha value is -1.70. The molecule has 2 nitrogen and oxygen atoms in total. The number of aliphatic imine (C=N–C) groups is 1. The molecule has 1 aromatic rings. The van der Waals surface area contributed by atoms with Gasteiger partial charge in [0.15, 0.2) is 11.8 Å². The number of benzene rings is 1. The summed E-state index contributed by atoms with van der Waals surface area (Å²) in [5, 5.41) is 0. The van der Waals surface area contributed by atoms with Crippen LogP contribution < -0.4 is 0 Å². The first kappa shape index (κ1) is 9.84. The van der Waals surface area contributed by atoms with Crippen LogP contribution in [0, 0.1) is 13.8 Å². The maximum absolute atomic E-state index is 11.2. The van der Waals surface area contributed by atoms with Crippen molar-refractivity contribution in [1.82, 2.24) is 0 Å². The minimum Gasteiger partial charge on any atom is -0.300 e. The van der Waals surface area contributed by atoms with Crippen LogP contribution >= 0.6 is 0 Å². The molecule has 2 rings (SSSR count). The first-order valence-electron chi connectivity index (χ1n) is 4.94. The number of carbonyl (C=O) groups is 1. The van der Waals surface area contributed by atoms with Crippen LogP contribution in [0.5, 0.6) is 0 Å². The summed E-state index contributed by atoms with van der Waals surface area (Å²) >= 11 is 0. The van der Waals surface area contributed by atoms with E-state index < -0.39 is 5.54 Å². The molecule has 15 heavy (non-hydrogen) atoms. The van der Waals surface area contributed by atoms with Crippen molar-refractivity contribution in [1.29, 1.82) is 0 Å². The molecule has 1 heterocycles. The molecule has 0 spiro atoms. The molecule has 0 fully saturated rings. The van der Waals surface area contributed by atoms with E-state index in [1.807, 2.05) is 38.1 Å². The van der Waals surface area contributed by atoms with E-state index >= 15 is 0 Å². The lowest BCUT2D eigenvalue weighted by Crippen LogP contribution is -2.21. The molecule has 76 valence electrons. The first-order valence-corrected chi connectivity index (χ1v) is 4.94. The molecule has 1 atom stereocenters. The molecule has 0 saturated carbocycles. The second kappa shape index (κ2) is 3.46. The predicted octanol–water partition coefficient (Wildman–Crippen LogP) is 2.34. The lowest BCUT2D eigenvalue weighted by Gasteiger charge is -2.18. The van der Waals surface area contributed by atoms with Gasteiger partial charge >= 0.3 is 0 Å². The van der Waals surface area contributed by atoms with Gasteiger partial charge in [-0.2, -0.15) is 0 Å². The smallest absolute Gasteiger partial charge is 0.159 e. The van der Waals surface area contributed by atoms with Gasteiger partial charge < -0.3 is 0 Å². The van der Waals surface area contributed by atoms with E-state index in [2.05, 4.69) is 11.1 Å². The van der Waals surface area contributed by atoms with Gasteiger partial charge in [0.1, 0.15) is 0 Å². The fraction of sp³-hybridized carbons (Fsp3) is 0.231. The van der Waals surface area contributed by atoms with Gasteiger partial charge in [0.25, 0.3) is 0 Å². The summed E-state index contributed by atoms with van der Waals surface area (Å²) in [6, 6.07) is 6.10. The Morgan fingerprint density at radius 2 is 1.87 bits per heavy atom. The Morgan fingerprint density at radius 3 is 2.33 bits per heavy atom. The van der Waals surface area contributed by atoms with Crippen LogP contribution in [0.3, 0.4) is 0 Å². The predicted molar refractivity (Wildman–Crippen MR) is 61.3 cm³/mol. The van der Waals surface area contributed by atoms with Gasteiger partial charge in [-0.05, 0) is 31.6 Å². The molecule has 0 aliphatic carbocycles. The Kier molecular flexibility index (Phi) is 2.27. The van der Waals surface area contributed by atoms with E-state index in [-0.39, 0.29) is 0 Å². The van der Waals surface area contributed by atoms with E-state index in [1.165, 1.54) is 0 Å². The Balaban J connectivity index is 2.57. The third-order valence-corrected chi connectivity index (χ3v) is 2.59. The van der Waals surface area contributed by atoms with Crippen molar-refractivity contribution in [3.05, 3.63) is 47.0 Å². The second-order valence-electron chi connectivity index (χ2n) is 3.96. The van der Waals surface area contributed by atoms with Crippen molar-refractivity contribution in [3.8, 4) is 0 Å². The van der Waals surface area contributed by atoms with Gasteiger partial charge in [-0.3, -0.25) is 9.79 Å². The summed E-state index contributed by atoms with van der Waals surface area (Å²) in [5.41, 5.74) is 2.47. The number of hydrogen-bond donors (Lipinski definition) is 0. The Bertz CT molecular complexity index is 425. The maximum atomic E-state index is 11.2. The fourth-order valence-corrected chi connectivity index (χ4v) is 1.91. The topological polar surface area (TPSA) is 29.4 Å². The fourth-order valence-electron chi connectivity index (χ4n) is 1.91. The Labute approximate surface area is 89.3 Å². The largest absolute Gasteiger partial charge is 0.300 e. The van der Waals surface area contributed by atoms with Gasteiger partial charge in [0, 0.05) is 6.21 Å². The maximum Gasteiger partial charge on any atom is 0.159 e. The van der Waals surface area contributed by atoms with Crippen molar-refractivity contribution >= 4 is 12.5 Å². The molecule has 0 amide bonds. The number of aldehydes is 1. The quantitative estimate of drug-likeness (QED) is 0.672. The molecule has 0 bridgehead atoms. The van der Waals surface area contributed by atoms with Crippen LogP contribution in [0.1, 0.15) is 16.7 Å². The summed E-state index contributed by atoms with van der Waals surface area (Å²) in [6.45, 7) is 4.05. The average molecular weight is 199 g/mol. The molecule has 1 aliphatic heterocycles. The van der Waals surface area contributed by atoms with E-state index in [1.54, 1.807) is 6.21 Å². The van der Waals surface area contributed by atoms with Crippen molar-refractivity contribution in [2.24, 2.45) is 4.99 Å². The lowest BCUT2D eigenvalue weighted by atomic mass is 9.90. The van der Waals surface area contributed by atoms with E-state index in [4.69, 9.17) is 0 Å². The molecule has 1 aromatic carbocycles. The van der Waals surface area contributed by atoms with E-state index in [0.717, 1.165) is 23.0 Å².